The Morgan fingerprint density at radius 3 is 1.91 bits per heavy atom. The van der Waals surface area contributed by atoms with Gasteiger partial charge >= 0.3 is 0 Å². The van der Waals surface area contributed by atoms with Crippen molar-refractivity contribution in [3.05, 3.63) is 52.2 Å². The minimum absolute atomic E-state index is 0.100. The minimum Gasteiger partial charge on any atom is -0.256 e. The summed E-state index contributed by atoms with van der Waals surface area (Å²) in [6.07, 6.45) is 7.22. The minimum atomic E-state index is 0.100. The van der Waals surface area contributed by atoms with Gasteiger partial charge in [-0.15, -0.1) is 0 Å². The van der Waals surface area contributed by atoms with Gasteiger partial charge in [-0.3, -0.25) is 4.98 Å². The summed E-state index contributed by atoms with van der Waals surface area (Å²) >= 11 is 0. The van der Waals surface area contributed by atoms with Crippen LogP contribution in [0.2, 0.25) is 0 Å². The van der Waals surface area contributed by atoms with Crippen LogP contribution in [0, 0.1) is 5.41 Å². The highest BCUT2D eigenvalue weighted by atomic mass is 14.7. The highest BCUT2D eigenvalue weighted by molar-refractivity contribution is 5.71. The Kier molecular flexibility index (Phi) is 5.75. The van der Waals surface area contributed by atoms with E-state index >= 15 is 0 Å². The van der Waals surface area contributed by atoms with E-state index in [0.717, 1.165) is 5.69 Å². The van der Waals surface area contributed by atoms with Gasteiger partial charge in [-0.1, -0.05) is 95.6 Å². The average Bonchev–Trinajstić information content (AvgIpc) is 2.85. The van der Waals surface area contributed by atoms with E-state index in [1.54, 1.807) is 0 Å². The first-order chi connectivity index (χ1) is 15.5. The number of aromatic nitrogens is 1. The average molecular weight is 460 g/mol. The van der Waals surface area contributed by atoms with E-state index in [1.165, 1.54) is 59.1 Å². The zero-order valence-corrected chi connectivity index (χ0v) is 24.2. The molecule has 4 rings (SSSR count). The first kappa shape index (κ1) is 25.5. The van der Waals surface area contributed by atoms with Crippen LogP contribution >= 0.6 is 0 Å². The predicted octanol–water partition coefficient (Wildman–Crippen LogP) is 9.60. The van der Waals surface area contributed by atoms with E-state index in [9.17, 15) is 0 Å². The largest absolute Gasteiger partial charge is 0.256 e. The van der Waals surface area contributed by atoms with Crippen LogP contribution in [0.5, 0.6) is 0 Å². The van der Waals surface area contributed by atoms with E-state index in [-0.39, 0.29) is 27.1 Å². The third-order valence-electron chi connectivity index (χ3n) is 10.9. The number of pyridine rings is 1. The van der Waals surface area contributed by atoms with Crippen molar-refractivity contribution in [3.8, 4) is 11.3 Å². The van der Waals surface area contributed by atoms with Gasteiger partial charge in [0.25, 0.3) is 0 Å². The topological polar surface area (TPSA) is 12.9 Å². The normalized spacial score (nSPS) is 25.8. The molecule has 0 spiro atoms. The predicted molar refractivity (Wildman–Crippen MR) is 148 cm³/mol. The van der Waals surface area contributed by atoms with Crippen molar-refractivity contribution in [2.75, 3.05) is 0 Å². The lowest BCUT2D eigenvalue weighted by atomic mass is 9.59. The molecular weight excluding hydrogens is 410 g/mol. The lowest BCUT2D eigenvalue weighted by molar-refractivity contribution is 0.125. The van der Waals surface area contributed by atoms with Crippen LogP contribution in [0.25, 0.3) is 11.3 Å². The third-order valence-corrected chi connectivity index (χ3v) is 10.9. The van der Waals surface area contributed by atoms with Crippen LogP contribution in [0.4, 0.5) is 0 Å². The quantitative estimate of drug-likeness (QED) is 0.443. The molecule has 0 saturated heterocycles. The Balaban J connectivity index is 1.97. The summed E-state index contributed by atoms with van der Waals surface area (Å²) in [6, 6.07) is 7.53. The molecule has 1 atom stereocenters. The summed E-state index contributed by atoms with van der Waals surface area (Å²) in [5.74, 6) is 0.458. The second-order valence-corrected chi connectivity index (χ2v) is 14.3. The van der Waals surface area contributed by atoms with Gasteiger partial charge in [0, 0.05) is 11.8 Å². The Morgan fingerprint density at radius 2 is 1.35 bits per heavy atom. The van der Waals surface area contributed by atoms with Crippen molar-refractivity contribution in [1.29, 1.82) is 0 Å². The highest BCUT2D eigenvalue weighted by Crippen LogP contribution is 2.62. The van der Waals surface area contributed by atoms with Gasteiger partial charge in [0.2, 0.25) is 0 Å². The molecule has 0 fully saturated rings. The molecule has 2 aliphatic carbocycles. The summed E-state index contributed by atoms with van der Waals surface area (Å²) in [7, 11) is 0. The molecule has 0 amide bonds. The van der Waals surface area contributed by atoms with Gasteiger partial charge in [0.1, 0.15) is 0 Å². The van der Waals surface area contributed by atoms with Crippen LogP contribution in [0.3, 0.4) is 0 Å². The number of benzene rings is 1. The first-order valence-electron chi connectivity index (χ1n) is 13.7. The van der Waals surface area contributed by atoms with E-state index in [1.807, 2.05) is 0 Å². The first-order valence-corrected chi connectivity index (χ1v) is 13.7. The number of hydrogen-bond acceptors (Lipinski definition) is 1. The molecule has 1 heterocycles. The molecule has 0 radical (unpaired) electrons. The number of nitrogens with zero attached hydrogens (tertiary/aromatic N) is 1. The van der Waals surface area contributed by atoms with Gasteiger partial charge in [0.15, 0.2) is 0 Å². The van der Waals surface area contributed by atoms with Crippen molar-refractivity contribution >= 4 is 0 Å². The Bertz CT molecular complexity index is 1110. The molecule has 2 aromatic rings. The summed E-state index contributed by atoms with van der Waals surface area (Å²) < 4.78 is 0. The van der Waals surface area contributed by atoms with Gasteiger partial charge < -0.3 is 0 Å². The van der Waals surface area contributed by atoms with Gasteiger partial charge in [-0.25, -0.2) is 0 Å². The fourth-order valence-electron chi connectivity index (χ4n) is 7.12. The number of fused-ring (bicyclic) bond motifs is 2. The summed E-state index contributed by atoms with van der Waals surface area (Å²) in [5, 5.41) is 0. The Hall–Kier alpha value is -1.63. The molecule has 1 nitrogen and oxygen atoms in total. The highest BCUT2D eigenvalue weighted by Gasteiger charge is 2.57. The van der Waals surface area contributed by atoms with Crippen LogP contribution in [-0.4, -0.2) is 4.98 Å². The third kappa shape index (κ3) is 3.35. The second-order valence-electron chi connectivity index (χ2n) is 14.3. The zero-order valence-electron chi connectivity index (χ0n) is 24.2. The molecular formula is C33H49N. The van der Waals surface area contributed by atoms with Crippen LogP contribution in [-0.2, 0) is 21.7 Å². The van der Waals surface area contributed by atoms with Crippen molar-refractivity contribution in [2.45, 2.75) is 136 Å². The maximum absolute atomic E-state index is 5.19. The molecule has 186 valence electrons. The van der Waals surface area contributed by atoms with E-state index in [4.69, 9.17) is 4.98 Å². The van der Waals surface area contributed by atoms with E-state index < -0.39 is 0 Å². The standard InChI is InChI=1S/C33H49N/c1-13-14-33(12)16-15-29(4,5)24-19-28(34-20-27(24)33)23-18-26-25(17-22(23)21(2)3)30(6,7)32(10,11)31(26,8)9/h17-21H,13-16H2,1-12H3. The fourth-order valence-corrected chi connectivity index (χ4v) is 7.12. The molecule has 0 N–H and O–H groups in total. The molecule has 34 heavy (non-hydrogen) atoms. The molecule has 2 aliphatic rings. The SMILES string of the molecule is CCCC1(C)CCC(C)(C)c2cc(-c3cc4c(cc3C(C)C)C(C)(C)C(C)(C)C4(C)C)ncc21. The maximum Gasteiger partial charge on any atom is 0.0708 e. The Morgan fingerprint density at radius 1 is 0.765 bits per heavy atom. The number of hydrogen-bond donors (Lipinski definition) is 0. The monoisotopic (exact) mass is 459 g/mol. The van der Waals surface area contributed by atoms with Gasteiger partial charge in [0.05, 0.1) is 5.69 Å². The summed E-state index contributed by atoms with van der Waals surface area (Å²) in [5.41, 5.74) is 10.8. The lowest BCUT2D eigenvalue weighted by Crippen LogP contribution is -2.42. The van der Waals surface area contributed by atoms with Gasteiger partial charge in [-0.2, -0.15) is 0 Å². The molecule has 0 bridgehead atoms. The Labute approximate surface area is 210 Å². The lowest BCUT2D eigenvalue weighted by Gasteiger charge is -2.44. The van der Waals surface area contributed by atoms with Crippen LogP contribution < -0.4 is 0 Å². The van der Waals surface area contributed by atoms with Gasteiger partial charge in [-0.05, 0) is 92.2 Å². The maximum atomic E-state index is 5.19. The molecule has 1 heteroatoms. The summed E-state index contributed by atoms with van der Waals surface area (Å²) in [4.78, 5) is 5.19. The van der Waals surface area contributed by atoms with Crippen molar-refractivity contribution in [2.24, 2.45) is 5.41 Å². The number of rotatable bonds is 4. The zero-order chi connectivity index (χ0) is 25.5. The fraction of sp³-hybridized carbons (Fsp3) is 0.667. The second kappa shape index (κ2) is 7.68. The summed E-state index contributed by atoms with van der Waals surface area (Å²) in [6.45, 7) is 29.0. The van der Waals surface area contributed by atoms with Crippen molar-refractivity contribution in [1.82, 2.24) is 4.98 Å². The molecule has 0 saturated carbocycles. The molecule has 1 aromatic heterocycles. The van der Waals surface area contributed by atoms with Crippen LogP contribution in [0.15, 0.2) is 24.4 Å². The van der Waals surface area contributed by atoms with E-state index in [2.05, 4.69) is 107 Å². The molecule has 0 aliphatic heterocycles. The molecule has 1 unspecified atom stereocenters. The van der Waals surface area contributed by atoms with Crippen molar-refractivity contribution in [3.63, 3.8) is 0 Å². The van der Waals surface area contributed by atoms with Crippen molar-refractivity contribution < 1.29 is 0 Å². The van der Waals surface area contributed by atoms with Crippen LogP contribution in [0.1, 0.15) is 143 Å². The molecule has 1 aromatic carbocycles. The van der Waals surface area contributed by atoms with E-state index in [0.29, 0.717) is 5.92 Å². The smallest absolute Gasteiger partial charge is 0.0708 e.